The standard InChI is InChI=1S/C13H11NO.C10H22N2/c15-10-11-6-8-13(9-7-11)14-12-4-2-1-3-5-12;1-9(2)6-8(11-5)7-10(3,4)12-9/h1-10,14H;8,11-12H,6-7H2,1-5H3. The van der Waals surface area contributed by atoms with E-state index in [9.17, 15) is 4.79 Å². The summed E-state index contributed by atoms with van der Waals surface area (Å²) in [5.41, 5.74) is 3.25. The van der Waals surface area contributed by atoms with Crippen molar-refractivity contribution < 1.29 is 4.79 Å². The van der Waals surface area contributed by atoms with Gasteiger partial charge in [-0.3, -0.25) is 4.79 Å². The lowest BCUT2D eigenvalue weighted by atomic mass is 9.80. The molecule has 1 fully saturated rings. The van der Waals surface area contributed by atoms with Crippen LogP contribution in [0.3, 0.4) is 0 Å². The van der Waals surface area contributed by atoms with Crippen molar-refractivity contribution in [1.82, 2.24) is 10.6 Å². The highest BCUT2D eigenvalue weighted by molar-refractivity contribution is 5.76. The predicted octanol–water partition coefficient (Wildman–Crippen LogP) is 4.76. The molecule has 1 heterocycles. The topological polar surface area (TPSA) is 53.2 Å². The van der Waals surface area contributed by atoms with Gasteiger partial charge in [0.05, 0.1) is 0 Å². The maximum atomic E-state index is 10.5. The molecule has 1 aliphatic rings. The van der Waals surface area contributed by atoms with Crippen LogP contribution in [0.5, 0.6) is 0 Å². The van der Waals surface area contributed by atoms with E-state index in [-0.39, 0.29) is 11.1 Å². The summed E-state index contributed by atoms with van der Waals surface area (Å²) in [6.45, 7) is 9.10. The first kappa shape index (κ1) is 21.1. The zero-order chi connectivity index (χ0) is 19.9. The molecular weight excluding hydrogens is 334 g/mol. The Balaban J connectivity index is 0.000000199. The summed E-state index contributed by atoms with van der Waals surface area (Å²) in [6, 6.07) is 17.9. The molecule has 3 N–H and O–H groups in total. The third kappa shape index (κ3) is 7.16. The molecule has 1 saturated heterocycles. The molecule has 4 nitrogen and oxygen atoms in total. The maximum Gasteiger partial charge on any atom is 0.150 e. The Bertz CT molecular complexity index is 692. The summed E-state index contributed by atoms with van der Waals surface area (Å²) in [6.07, 6.45) is 3.27. The maximum absolute atomic E-state index is 10.5. The summed E-state index contributed by atoms with van der Waals surface area (Å²) < 4.78 is 0. The van der Waals surface area contributed by atoms with Gasteiger partial charge in [0, 0.05) is 34.1 Å². The first-order valence-electron chi connectivity index (χ1n) is 9.57. The van der Waals surface area contributed by atoms with E-state index in [0.29, 0.717) is 11.6 Å². The molecule has 0 aliphatic carbocycles. The molecule has 4 heteroatoms. The fourth-order valence-electron chi connectivity index (χ4n) is 3.86. The van der Waals surface area contributed by atoms with Gasteiger partial charge in [-0.25, -0.2) is 0 Å². The van der Waals surface area contributed by atoms with Crippen molar-refractivity contribution in [3.8, 4) is 0 Å². The highest BCUT2D eigenvalue weighted by atomic mass is 16.1. The SMILES string of the molecule is CNC1CC(C)(C)NC(C)(C)C1.O=Cc1ccc(Nc2ccccc2)cc1. The van der Waals surface area contributed by atoms with E-state index in [4.69, 9.17) is 0 Å². The van der Waals surface area contributed by atoms with Gasteiger partial charge < -0.3 is 16.0 Å². The minimum absolute atomic E-state index is 0.273. The lowest BCUT2D eigenvalue weighted by Gasteiger charge is -2.46. The highest BCUT2D eigenvalue weighted by Crippen LogP contribution is 2.28. The van der Waals surface area contributed by atoms with Crippen LogP contribution in [-0.2, 0) is 0 Å². The molecule has 0 saturated carbocycles. The van der Waals surface area contributed by atoms with E-state index in [1.54, 1.807) is 12.1 Å². The summed E-state index contributed by atoms with van der Waals surface area (Å²) in [5.74, 6) is 0. The van der Waals surface area contributed by atoms with Crippen molar-refractivity contribution in [3.63, 3.8) is 0 Å². The number of hydrogen-bond acceptors (Lipinski definition) is 4. The van der Waals surface area contributed by atoms with E-state index in [1.807, 2.05) is 42.5 Å². The van der Waals surface area contributed by atoms with E-state index in [0.717, 1.165) is 17.7 Å². The molecule has 2 aromatic rings. The molecule has 27 heavy (non-hydrogen) atoms. The van der Waals surface area contributed by atoms with Crippen molar-refractivity contribution in [3.05, 3.63) is 60.2 Å². The van der Waals surface area contributed by atoms with Crippen LogP contribution in [0.15, 0.2) is 54.6 Å². The molecule has 0 atom stereocenters. The molecule has 2 aromatic carbocycles. The minimum Gasteiger partial charge on any atom is -0.356 e. The Hall–Kier alpha value is -2.17. The molecule has 0 aromatic heterocycles. The summed E-state index contributed by atoms with van der Waals surface area (Å²) in [4.78, 5) is 10.5. The van der Waals surface area contributed by atoms with Crippen molar-refractivity contribution in [2.45, 2.75) is 57.7 Å². The largest absolute Gasteiger partial charge is 0.356 e. The van der Waals surface area contributed by atoms with Gasteiger partial charge >= 0.3 is 0 Å². The Labute approximate surface area is 163 Å². The third-order valence-corrected chi connectivity index (χ3v) is 4.71. The monoisotopic (exact) mass is 367 g/mol. The van der Waals surface area contributed by atoms with Gasteiger partial charge in [-0.2, -0.15) is 0 Å². The quantitative estimate of drug-likeness (QED) is 0.682. The van der Waals surface area contributed by atoms with Crippen LogP contribution in [0.4, 0.5) is 11.4 Å². The van der Waals surface area contributed by atoms with Crippen molar-refractivity contribution in [1.29, 1.82) is 0 Å². The van der Waals surface area contributed by atoms with Gasteiger partial charge in [0.1, 0.15) is 6.29 Å². The second kappa shape index (κ2) is 9.16. The van der Waals surface area contributed by atoms with Gasteiger partial charge in [0.25, 0.3) is 0 Å². The van der Waals surface area contributed by atoms with Gasteiger partial charge in [0.2, 0.25) is 0 Å². The Morgan fingerprint density at radius 2 is 1.41 bits per heavy atom. The van der Waals surface area contributed by atoms with Crippen LogP contribution in [0.1, 0.15) is 50.9 Å². The Morgan fingerprint density at radius 1 is 0.889 bits per heavy atom. The fraction of sp³-hybridized carbons (Fsp3) is 0.435. The number of para-hydroxylation sites is 1. The minimum atomic E-state index is 0.273. The average molecular weight is 368 g/mol. The zero-order valence-electron chi connectivity index (χ0n) is 17.2. The molecule has 0 unspecified atom stereocenters. The van der Waals surface area contributed by atoms with Crippen LogP contribution in [0, 0.1) is 0 Å². The number of anilines is 2. The van der Waals surface area contributed by atoms with Crippen LogP contribution in [0.25, 0.3) is 0 Å². The van der Waals surface area contributed by atoms with Crippen LogP contribution in [-0.4, -0.2) is 30.5 Å². The molecule has 0 radical (unpaired) electrons. The van der Waals surface area contributed by atoms with E-state index in [1.165, 1.54) is 12.8 Å². The molecule has 146 valence electrons. The Morgan fingerprint density at radius 3 is 1.89 bits per heavy atom. The van der Waals surface area contributed by atoms with E-state index >= 15 is 0 Å². The molecule has 0 spiro atoms. The molecule has 1 aliphatic heterocycles. The third-order valence-electron chi connectivity index (χ3n) is 4.71. The summed E-state index contributed by atoms with van der Waals surface area (Å²) in [5, 5.41) is 10.3. The van der Waals surface area contributed by atoms with E-state index < -0.39 is 0 Å². The normalized spacial score (nSPS) is 18.1. The van der Waals surface area contributed by atoms with Crippen LogP contribution in [0.2, 0.25) is 0 Å². The second-order valence-electron chi connectivity index (χ2n) is 8.52. The van der Waals surface area contributed by atoms with Crippen LogP contribution < -0.4 is 16.0 Å². The molecule has 0 amide bonds. The van der Waals surface area contributed by atoms with Crippen molar-refractivity contribution in [2.75, 3.05) is 12.4 Å². The van der Waals surface area contributed by atoms with Gasteiger partial charge in [0.15, 0.2) is 0 Å². The molecule has 0 bridgehead atoms. The molecule has 3 rings (SSSR count). The number of hydrogen-bond donors (Lipinski definition) is 3. The smallest absolute Gasteiger partial charge is 0.150 e. The van der Waals surface area contributed by atoms with Crippen molar-refractivity contribution in [2.24, 2.45) is 0 Å². The summed E-state index contributed by atoms with van der Waals surface area (Å²) in [7, 11) is 2.06. The first-order chi connectivity index (χ1) is 12.7. The number of aldehydes is 1. The number of carbonyl (C=O) groups is 1. The number of nitrogens with one attached hydrogen (secondary N) is 3. The first-order valence-corrected chi connectivity index (χ1v) is 9.57. The van der Waals surface area contributed by atoms with Gasteiger partial charge in [-0.15, -0.1) is 0 Å². The average Bonchev–Trinajstić information content (AvgIpc) is 2.61. The number of carbonyl (C=O) groups excluding carboxylic acids is 1. The van der Waals surface area contributed by atoms with Gasteiger partial charge in [-0.1, -0.05) is 18.2 Å². The number of piperidine rings is 1. The molecular formula is C23H33N3O. The predicted molar refractivity (Wildman–Crippen MR) is 115 cm³/mol. The zero-order valence-corrected chi connectivity index (χ0v) is 17.2. The van der Waals surface area contributed by atoms with Crippen molar-refractivity contribution >= 4 is 17.7 Å². The number of benzene rings is 2. The highest BCUT2D eigenvalue weighted by Gasteiger charge is 2.36. The lowest BCUT2D eigenvalue weighted by Crippen LogP contribution is -2.61. The van der Waals surface area contributed by atoms with Gasteiger partial charge in [-0.05, 0) is 84.0 Å². The Kier molecular flexibility index (Phi) is 7.17. The lowest BCUT2D eigenvalue weighted by molar-refractivity contribution is 0.112. The number of rotatable bonds is 4. The second-order valence-corrected chi connectivity index (χ2v) is 8.52. The van der Waals surface area contributed by atoms with Crippen LogP contribution >= 0.6 is 0 Å². The van der Waals surface area contributed by atoms with E-state index in [2.05, 4.69) is 50.7 Å². The summed E-state index contributed by atoms with van der Waals surface area (Å²) >= 11 is 0. The fourth-order valence-corrected chi connectivity index (χ4v) is 3.86.